The fourth-order valence-corrected chi connectivity index (χ4v) is 3.71. The van der Waals surface area contributed by atoms with Gasteiger partial charge in [-0.3, -0.25) is 4.79 Å². The van der Waals surface area contributed by atoms with Gasteiger partial charge in [-0.15, -0.1) is 0 Å². The molecule has 2 nitrogen and oxygen atoms in total. The maximum absolute atomic E-state index is 10.7. The molecule has 0 aromatic rings. The van der Waals surface area contributed by atoms with E-state index in [4.69, 9.17) is 5.11 Å². The summed E-state index contributed by atoms with van der Waals surface area (Å²) in [6.07, 6.45) is 31.1. The first-order valence-electron chi connectivity index (χ1n) is 12.6. The van der Waals surface area contributed by atoms with E-state index in [0.717, 1.165) is 12.8 Å². The molecule has 0 amide bonds. The average molecular weight is 395 g/mol. The predicted molar refractivity (Wildman–Crippen MR) is 124 cm³/mol. The molecule has 0 heterocycles. The molecule has 1 unspecified atom stereocenters. The Labute approximate surface area is 176 Å². The molecule has 0 aromatic heterocycles. The Morgan fingerprint density at radius 1 is 0.643 bits per heavy atom. The third kappa shape index (κ3) is 21.5. The highest BCUT2D eigenvalue weighted by Crippen LogP contribution is 2.14. The second-order valence-electron chi connectivity index (χ2n) is 8.73. The number of allylic oxidation sites excluding steroid dienone is 2. The van der Waals surface area contributed by atoms with Crippen LogP contribution in [0.15, 0.2) is 12.2 Å². The first-order valence-corrected chi connectivity index (χ1v) is 12.6. The van der Waals surface area contributed by atoms with Gasteiger partial charge in [-0.1, -0.05) is 122 Å². The molecule has 0 rings (SSSR count). The van der Waals surface area contributed by atoms with Crippen LogP contribution in [0.3, 0.4) is 0 Å². The minimum atomic E-state index is -0.649. The first kappa shape index (κ1) is 27.2. The van der Waals surface area contributed by atoms with Crippen LogP contribution in [0.4, 0.5) is 0 Å². The van der Waals surface area contributed by atoms with Gasteiger partial charge in [-0.05, 0) is 32.1 Å². The van der Waals surface area contributed by atoms with Gasteiger partial charge in [-0.2, -0.15) is 0 Å². The lowest BCUT2D eigenvalue weighted by Gasteiger charge is -2.05. The first-order chi connectivity index (χ1) is 13.7. The number of carbonyl (C=O) groups is 1. The van der Waals surface area contributed by atoms with E-state index in [1.165, 1.54) is 116 Å². The van der Waals surface area contributed by atoms with Crippen molar-refractivity contribution >= 4 is 5.97 Å². The Balaban J connectivity index is 3.12. The van der Waals surface area contributed by atoms with Gasteiger partial charge >= 0.3 is 5.97 Å². The van der Waals surface area contributed by atoms with E-state index in [2.05, 4.69) is 19.1 Å². The molecule has 0 aromatic carbocycles. The van der Waals surface area contributed by atoms with E-state index in [0.29, 0.717) is 0 Å². The summed E-state index contributed by atoms with van der Waals surface area (Å²) in [4.78, 5) is 10.7. The van der Waals surface area contributed by atoms with Crippen molar-refractivity contribution in [1.82, 2.24) is 0 Å². The van der Waals surface area contributed by atoms with E-state index in [9.17, 15) is 4.79 Å². The minimum Gasteiger partial charge on any atom is -0.481 e. The topological polar surface area (TPSA) is 37.3 Å². The smallest absolute Gasteiger partial charge is 0.306 e. The van der Waals surface area contributed by atoms with Crippen LogP contribution < -0.4 is 0 Å². The number of hydrogen-bond donors (Lipinski definition) is 1. The quantitative estimate of drug-likeness (QED) is 0.147. The lowest BCUT2D eigenvalue weighted by Crippen LogP contribution is -2.08. The van der Waals surface area contributed by atoms with E-state index >= 15 is 0 Å². The van der Waals surface area contributed by atoms with Gasteiger partial charge < -0.3 is 5.11 Å². The minimum absolute atomic E-state index is 0.171. The highest BCUT2D eigenvalue weighted by atomic mass is 16.4. The van der Waals surface area contributed by atoms with E-state index in [1.807, 2.05) is 6.92 Å². The van der Waals surface area contributed by atoms with Crippen LogP contribution in [0.25, 0.3) is 0 Å². The Hall–Kier alpha value is -0.790. The zero-order chi connectivity index (χ0) is 20.7. The summed E-state index contributed by atoms with van der Waals surface area (Å²) in [5, 5.41) is 8.84. The van der Waals surface area contributed by atoms with Gasteiger partial charge in [0.05, 0.1) is 5.92 Å². The molecule has 1 N–H and O–H groups in total. The second kappa shape index (κ2) is 22.5. The Bertz CT molecular complexity index is 348. The zero-order valence-electron chi connectivity index (χ0n) is 19.2. The van der Waals surface area contributed by atoms with E-state index in [-0.39, 0.29) is 5.92 Å². The zero-order valence-corrected chi connectivity index (χ0v) is 19.2. The molecular formula is C26H50O2. The number of carboxylic acids is 1. The van der Waals surface area contributed by atoms with Crippen LogP contribution in [0.1, 0.15) is 142 Å². The van der Waals surface area contributed by atoms with Crippen LogP contribution in [0.2, 0.25) is 0 Å². The lowest BCUT2D eigenvalue weighted by atomic mass is 10.0. The summed E-state index contributed by atoms with van der Waals surface area (Å²) in [6, 6.07) is 0. The van der Waals surface area contributed by atoms with Gasteiger partial charge in [0.15, 0.2) is 0 Å². The molecule has 166 valence electrons. The van der Waals surface area contributed by atoms with Gasteiger partial charge in [0.1, 0.15) is 0 Å². The highest BCUT2D eigenvalue weighted by Gasteiger charge is 2.09. The average Bonchev–Trinajstić information content (AvgIpc) is 2.68. The SMILES string of the molecule is CCCCCCCCC=CCCCCCCCCCCCCCC(C)C(=O)O. The van der Waals surface area contributed by atoms with Gasteiger partial charge in [-0.25, -0.2) is 0 Å². The third-order valence-electron chi connectivity index (χ3n) is 5.82. The maximum Gasteiger partial charge on any atom is 0.306 e. The Morgan fingerprint density at radius 2 is 1.00 bits per heavy atom. The number of unbranched alkanes of at least 4 members (excludes halogenated alkanes) is 17. The van der Waals surface area contributed by atoms with Crippen molar-refractivity contribution in [3.05, 3.63) is 12.2 Å². The molecule has 0 spiro atoms. The molecule has 1 atom stereocenters. The van der Waals surface area contributed by atoms with Crippen LogP contribution in [-0.4, -0.2) is 11.1 Å². The molecule has 28 heavy (non-hydrogen) atoms. The van der Waals surface area contributed by atoms with Crippen molar-refractivity contribution in [2.75, 3.05) is 0 Å². The molecule has 0 aliphatic heterocycles. The van der Waals surface area contributed by atoms with Crippen LogP contribution in [0.5, 0.6) is 0 Å². The third-order valence-corrected chi connectivity index (χ3v) is 5.82. The number of rotatable bonds is 22. The van der Waals surface area contributed by atoms with Crippen molar-refractivity contribution in [3.8, 4) is 0 Å². The van der Waals surface area contributed by atoms with Crippen LogP contribution >= 0.6 is 0 Å². The summed E-state index contributed by atoms with van der Waals surface area (Å²) >= 11 is 0. The standard InChI is InChI=1S/C26H50O2/c1-3-4-5-6-7-8-9-10-11-12-13-14-15-16-17-18-19-20-21-22-23-24-25(2)26(27)28/h10-11,25H,3-9,12-24H2,1-2H3,(H,27,28). The van der Waals surface area contributed by atoms with Gasteiger partial charge in [0, 0.05) is 0 Å². The molecular weight excluding hydrogens is 344 g/mol. The van der Waals surface area contributed by atoms with Crippen molar-refractivity contribution in [2.45, 2.75) is 142 Å². The van der Waals surface area contributed by atoms with Crippen molar-refractivity contribution in [2.24, 2.45) is 5.92 Å². The largest absolute Gasteiger partial charge is 0.481 e. The maximum atomic E-state index is 10.7. The molecule has 0 bridgehead atoms. The van der Waals surface area contributed by atoms with Crippen molar-refractivity contribution in [1.29, 1.82) is 0 Å². The normalized spacial score (nSPS) is 12.6. The van der Waals surface area contributed by atoms with E-state index in [1.54, 1.807) is 0 Å². The summed E-state index contributed by atoms with van der Waals surface area (Å²) < 4.78 is 0. The molecule has 2 heteroatoms. The summed E-state index contributed by atoms with van der Waals surface area (Å²) in [5.41, 5.74) is 0. The molecule has 0 fully saturated rings. The molecule has 0 saturated carbocycles. The molecule has 0 saturated heterocycles. The monoisotopic (exact) mass is 394 g/mol. The van der Waals surface area contributed by atoms with Crippen LogP contribution in [-0.2, 0) is 4.79 Å². The van der Waals surface area contributed by atoms with Crippen LogP contribution in [0, 0.1) is 5.92 Å². The van der Waals surface area contributed by atoms with Gasteiger partial charge in [0.25, 0.3) is 0 Å². The predicted octanol–water partition coefficient (Wildman–Crippen LogP) is 9.09. The summed E-state index contributed by atoms with van der Waals surface area (Å²) in [5.74, 6) is -0.819. The number of hydrogen-bond acceptors (Lipinski definition) is 1. The molecule has 0 aliphatic carbocycles. The fraction of sp³-hybridized carbons (Fsp3) is 0.885. The lowest BCUT2D eigenvalue weighted by molar-refractivity contribution is -0.141. The van der Waals surface area contributed by atoms with Crippen molar-refractivity contribution in [3.63, 3.8) is 0 Å². The number of carboxylic acid groups (broad SMARTS) is 1. The molecule has 0 radical (unpaired) electrons. The molecule has 0 aliphatic rings. The van der Waals surface area contributed by atoms with E-state index < -0.39 is 5.97 Å². The van der Waals surface area contributed by atoms with Gasteiger partial charge in [0.2, 0.25) is 0 Å². The Kier molecular flexibility index (Phi) is 21.9. The number of aliphatic carboxylic acids is 1. The van der Waals surface area contributed by atoms with Crippen molar-refractivity contribution < 1.29 is 9.90 Å². The highest BCUT2D eigenvalue weighted by molar-refractivity contribution is 5.69. The fourth-order valence-electron chi connectivity index (χ4n) is 3.71. The summed E-state index contributed by atoms with van der Waals surface area (Å²) in [6.45, 7) is 4.09. The summed E-state index contributed by atoms with van der Waals surface area (Å²) in [7, 11) is 0. The second-order valence-corrected chi connectivity index (χ2v) is 8.73. The Morgan fingerprint density at radius 3 is 1.39 bits per heavy atom.